The number of aromatic nitrogens is 1. The van der Waals surface area contributed by atoms with Gasteiger partial charge in [0.05, 0.1) is 13.2 Å². The molecule has 21 heavy (non-hydrogen) atoms. The second-order valence-corrected chi connectivity index (χ2v) is 6.33. The molecule has 8 heteroatoms. The minimum absolute atomic E-state index is 0.0589. The predicted octanol–water partition coefficient (Wildman–Crippen LogP) is 1.08. The quantitative estimate of drug-likeness (QED) is 0.525. The van der Waals surface area contributed by atoms with E-state index >= 15 is 0 Å². The van der Waals surface area contributed by atoms with E-state index in [0.29, 0.717) is 13.2 Å². The highest BCUT2D eigenvalue weighted by Gasteiger charge is 2.20. The van der Waals surface area contributed by atoms with Gasteiger partial charge in [-0.05, 0) is 19.9 Å². The number of nitrogens with one attached hydrogen (secondary N) is 1. The van der Waals surface area contributed by atoms with Crippen LogP contribution in [0.1, 0.15) is 24.3 Å². The standard InChI is InChI=1S/C13H20N2O5S/c1-4-15-8-11(7-12(15)13(16)17)21(18,19)14-5-6-20-9-10(2)3/h7-8,14H,2,4-6,9H2,1,3H3,(H,16,17). The molecule has 0 saturated heterocycles. The lowest BCUT2D eigenvalue weighted by atomic mass is 10.4. The first-order valence-electron chi connectivity index (χ1n) is 6.43. The van der Waals surface area contributed by atoms with E-state index in [4.69, 9.17) is 9.84 Å². The van der Waals surface area contributed by atoms with Gasteiger partial charge in [-0.2, -0.15) is 0 Å². The number of carboxylic acid groups (broad SMARTS) is 1. The van der Waals surface area contributed by atoms with Crippen molar-refractivity contribution in [3.63, 3.8) is 0 Å². The maximum atomic E-state index is 12.0. The molecular formula is C13H20N2O5S. The zero-order chi connectivity index (χ0) is 16.0. The Bertz CT molecular complexity index is 619. The molecule has 2 N–H and O–H groups in total. The third kappa shape index (κ3) is 5.00. The van der Waals surface area contributed by atoms with Crippen molar-refractivity contribution in [3.8, 4) is 0 Å². The largest absolute Gasteiger partial charge is 0.477 e. The molecule has 0 saturated carbocycles. The van der Waals surface area contributed by atoms with Crippen LogP contribution in [0.25, 0.3) is 0 Å². The zero-order valence-electron chi connectivity index (χ0n) is 12.1. The van der Waals surface area contributed by atoms with Gasteiger partial charge in [0.25, 0.3) is 0 Å². The molecule has 0 aliphatic carbocycles. The Hall–Kier alpha value is -1.64. The summed E-state index contributed by atoms with van der Waals surface area (Å²) in [5.41, 5.74) is 0.792. The number of carbonyl (C=O) groups is 1. The molecule has 118 valence electrons. The molecular weight excluding hydrogens is 296 g/mol. The van der Waals surface area contributed by atoms with Gasteiger partial charge in [-0.1, -0.05) is 12.2 Å². The van der Waals surface area contributed by atoms with Crippen LogP contribution >= 0.6 is 0 Å². The summed E-state index contributed by atoms with van der Waals surface area (Å²) in [5.74, 6) is -1.16. The normalized spacial score (nSPS) is 11.5. The molecule has 1 aromatic heterocycles. The lowest BCUT2D eigenvalue weighted by molar-refractivity contribution is 0.0685. The molecule has 1 aromatic rings. The number of ether oxygens (including phenoxy) is 1. The third-order valence-electron chi connectivity index (χ3n) is 2.63. The van der Waals surface area contributed by atoms with Crippen LogP contribution in [0.5, 0.6) is 0 Å². The van der Waals surface area contributed by atoms with Crippen LogP contribution in [0.15, 0.2) is 29.3 Å². The average Bonchev–Trinajstić information content (AvgIpc) is 2.82. The Balaban J connectivity index is 2.70. The number of carboxylic acids is 1. The van der Waals surface area contributed by atoms with Crippen LogP contribution in [0.4, 0.5) is 0 Å². The molecule has 0 aliphatic heterocycles. The second kappa shape index (κ2) is 7.39. The first-order valence-corrected chi connectivity index (χ1v) is 7.91. The molecule has 1 rings (SSSR count). The minimum atomic E-state index is -3.74. The zero-order valence-corrected chi connectivity index (χ0v) is 12.9. The Morgan fingerprint density at radius 2 is 2.19 bits per heavy atom. The molecule has 0 spiro atoms. The van der Waals surface area contributed by atoms with Gasteiger partial charge in [-0.3, -0.25) is 0 Å². The van der Waals surface area contributed by atoms with Crippen LogP contribution in [0, 0.1) is 0 Å². The van der Waals surface area contributed by atoms with Crippen LogP contribution in [0.2, 0.25) is 0 Å². The summed E-state index contributed by atoms with van der Waals surface area (Å²) in [6, 6.07) is 1.14. The summed E-state index contributed by atoms with van der Waals surface area (Å²) in [6.07, 6.45) is 1.31. The monoisotopic (exact) mass is 316 g/mol. The molecule has 0 bridgehead atoms. The SMILES string of the molecule is C=C(C)COCCNS(=O)(=O)c1cc(C(=O)O)n(CC)c1. The smallest absolute Gasteiger partial charge is 0.352 e. The molecule has 0 fully saturated rings. The third-order valence-corrected chi connectivity index (χ3v) is 4.06. The maximum Gasteiger partial charge on any atom is 0.352 e. The highest BCUT2D eigenvalue weighted by Crippen LogP contribution is 2.14. The molecule has 0 unspecified atom stereocenters. The molecule has 0 aromatic carbocycles. The molecule has 1 heterocycles. The number of aromatic carboxylic acids is 1. The van der Waals surface area contributed by atoms with Crippen molar-refractivity contribution >= 4 is 16.0 Å². The van der Waals surface area contributed by atoms with Crippen molar-refractivity contribution in [2.24, 2.45) is 0 Å². The fourth-order valence-corrected chi connectivity index (χ4v) is 2.70. The lowest BCUT2D eigenvalue weighted by Gasteiger charge is -2.06. The molecule has 0 radical (unpaired) electrons. The number of nitrogens with zero attached hydrogens (tertiary/aromatic N) is 1. The van der Waals surface area contributed by atoms with E-state index in [1.165, 1.54) is 10.8 Å². The fourth-order valence-electron chi connectivity index (χ4n) is 1.65. The van der Waals surface area contributed by atoms with Gasteiger partial charge in [-0.25, -0.2) is 17.9 Å². The maximum absolute atomic E-state index is 12.0. The van der Waals surface area contributed by atoms with Crippen LogP contribution in [-0.4, -0.2) is 43.8 Å². The van der Waals surface area contributed by atoms with Crippen molar-refractivity contribution in [1.82, 2.24) is 9.29 Å². The number of rotatable bonds is 9. The average molecular weight is 316 g/mol. The van der Waals surface area contributed by atoms with Gasteiger partial charge in [0.15, 0.2) is 0 Å². The topological polar surface area (TPSA) is 97.6 Å². The fraction of sp³-hybridized carbons (Fsp3) is 0.462. The van der Waals surface area contributed by atoms with E-state index in [1.807, 2.05) is 6.92 Å². The van der Waals surface area contributed by atoms with E-state index in [2.05, 4.69) is 11.3 Å². The predicted molar refractivity (Wildman–Crippen MR) is 77.9 cm³/mol. The van der Waals surface area contributed by atoms with Crippen molar-refractivity contribution in [3.05, 3.63) is 30.1 Å². The number of aryl methyl sites for hydroxylation is 1. The Morgan fingerprint density at radius 1 is 1.52 bits per heavy atom. The number of hydrogen-bond donors (Lipinski definition) is 2. The van der Waals surface area contributed by atoms with Gasteiger partial charge in [0, 0.05) is 19.3 Å². The second-order valence-electron chi connectivity index (χ2n) is 4.56. The Kier molecular flexibility index (Phi) is 6.13. The summed E-state index contributed by atoms with van der Waals surface area (Å²) in [7, 11) is -3.74. The van der Waals surface area contributed by atoms with Crippen molar-refractivity contribution in [2.75, 3.05) is 19.8 Å². The Labute approximate surface area is 124 Å². The van der Waals surface area contributed by atoms with E-state index < -0.39 is 16.0 Å². The first kappa shape index (κ1) is 17.4. The highest BCUT2D eigenvalue weighted by atomic mass is 32.2. The number of hydrogen-bond acceptors (Lipinski definition) is 4. The van der Waals surface area contributed by atoms with Crippen molar-refractivity contribution < 1.29 is 23.1 Å². The van der Waals surface area contributed by atoms with Crippen LogP contribution in [-0.2, 0) is 21.3 Å². The minimum Gasteiger partial charge on any atom is -0.477 e. The number of sulfonamides is 1. The molecule has 0 atom stereocenters. The molecule has 0 aliphatic rings. The van der Waals surface area contributed by atoms with Crippen LogP contribution < -0.4 is 4.72 Å². The van der Waals surface area contributed by atoms with E-state index in [1.54, 1.807) is 6.92 Å². The highest BCUT2D eigenvalue weighted by molar-refractivity contribution is 7.89. The summed E-state index contributed by atoms with van der Waals surface area (Å²) >= 11 is 0. The van der Waals surface area contributed by atoms with Gasteiger partial charge in [0.2, 0.25) is 10.0 Å². The van der Waals surface area contributed by atoms with Crippen LogP contribution in [0.3, 0.4) is 0 Å². The van der Waals surface area contributed by atoms with Gasteiger partial charge >= 0.3 is 5.97 Å². The van der Waals surface area contributed by atoms with Gasteiger partial charge < -0.3 is 14.4 Å². The molecule has 0 amide bonds. The summed E-state index contributed by atoms with van der Waals surface area (Å²) in [4.78, 5) is 11.0. The summed E-state index contributed by atoms with van der Waals surface area (Å²) in [5, 5.41) is 9.01. The van der Waals surface area contributed by atoms with Gasteiger partial charge in [0.1, 0.15) is 10.6 Å². The van der Waals surface area contributed by atoms with Gasteiger partial charge in [-0.15, -0.1) is 0 Å². The van der Waals surface area contributed by atoms with E-state index in [9.17, 15) is 13.2 Å². The van der Waals surface area contributed by atoms with Crippen molar-refractivity contribution in [1.29, 1.82) is 0 Å². The lowest BCUT2D eigenvalue weighted by Crippen LogP contribution is -2.27. The summed E-state index contributed by atoms with van der Waals surface area (Å²) < 4.78 is 33.0. The van der Waals surface area contributed by atoms with Crippen molar-refractivity contribution in [2.45, 2.75) is 25.3 Å². The van der Waals surface area contributed by atoms with E-state index in [-0.39, 0.29) is 23.7 Å². The summed E-state index contributed by atoms with van der Waals surface area (Å²) in [6.45, 7) is 8.28. The Morgan fingerprint density at radius 3 is 2.67 bits per heavy atom. The molecule has 7 nitrogen and oxygen atoms in total. The van der Waals surface area contributed by atoms with E-state index in [0.717, 1.165) is 11.6 Å². The first-order chi connectivity index (χ1) is 9.77.